The molecule has 0 spiro atoms. The van der Waals surface area contributed by atoms with E-state index in [9.17, 15) is 4.79 Å². The van der Waals surface area contributed by atoms with Crippen molar-refractivity contribution in [2.75, 3.05) is 6.54 Å². The molecule has 0 saturated heterocycles. The summed E-state index contributed by atoms with van der Waals surface area (Å²) in [6, 6.07) is 13.2. The molecule has 0 aliphatic rings. The second kappa shape index (κ2) is 6.19. The molecule has 2 aromatic rings. The predicted molar refractivity (Wildman–Crippen MR) is 78.1 cm³/mol. The molecule has 19 heavy (non-hydrogen) atoms. The van der Waals surface area contributed by atoms with Crippen LogP contribution in [0.15, 0.2) is 47.5 Å². The molecular formula is C13H12BrN3O2. The molecule has 0 saturated carbocycles. The van der Waals surface area contributed by atoms with Gasteiger partial charge in [0, 0.05) is 21.5 Å². The maximum atomic E-state index is 11.6. The average molecular weight is 322 g/mol. The number of hydrogen-bond donors (Lipinski definition) is 2. The van der Waals surface area contributed by atoms with Gasteiger partial charge in [-0.15, -0.1) is 0 Å². The molecule has 6 heteroatoms. The van der Waals surface area contributed by atoms with E-state index in [1.807, 2.05) is 36.4 Å². The van der Waals surface area contributed by atoms with E-state index < -0.39 is 5.97 Å². The molecule has 0 aliphatic heterocycles. The third-order valence-corrected chi connectivity index (χ3v) is 2.85. The molecule has 0 bridgehead atoms. The molecule has 0 fully saturated rings. The minimum atomic E-state index is -0.470. The number of ether oxygens (including phenoxy) is 1. The van der Waals surface area contributed by atoms with Gasteiger partial charge in [0.15, 0.2) is 5.96 Å². The Hall–Kier alpha value is -2.08. The maximum absolute atomic E-state index is 11.6. The Bertz CT molecular complexity index is 623. The molecule has 98 valence electrons. The quantitative estimate of drug-likeness (QED) is 0.298. The van der Waals surface area contributed by atoms with E-state index in [1.165, 1.54) is 0 Å². The van der Waals surface area contributed by atoms with Crippen LogP contribution in [0.4, 0.5) is 0 Å². The van der Waals surface area contributed by atoms with Gasteiger partial charge in [0.25, 0.3) is 0 Å². The fourth-order valence-electron chi connectivity index (χ4n) is 1.62. The zero-order chi connectivity index (χ0) is 13.7. The largest absolute Gasteiger partial charge is 0.424 e. The monoisotopic (exact) mass is 321 g/mol. The van der Waals surface area contributed by atoms with Crippen molar-refractivity contribution in [3.63, 3.8) is 0 Å². The van der Waals surface area contributed by atoms with Gasteiger partial charge in [-0.2, -0.15) is 0 Å². The second-order valence-electron chi connectivity index (χ2n) is 3.75. The van der Waals surface area contributed by atoms with Crippen molar-refractivity contribution in [2.24, 2.45) is 10.7 Å². The van der Waals surface area contributed by atoms with Crippen LogP contribution in [0.1, 0.15) is 0 Å². The summed E-state index contributed by atoms with van der Waals surface area (Å²) in [5, 5.41) is 1.90. The van der Waals surface area contributed by atoms with Gasteiger partial charge in [0.05, 0.1) is 0 Å². The van der Waals surface area contributed by atoms with Gasteiger partial charge in [0.2, 0.25) is 0 Å². The lowest BCUT2D eigenvalue weighted by atomic mass is 10.1. The summed E-state index contributed by atoms with van der Waals surface area (Å²) in [5.41, 5.74) is 5.39. The Morgan fingerprint density at radius 1 is 1.26 bits per heavy atom. The summed E-state index contributed by atoms with van der Waals surface area (Å²) < 4.78 is 7.72. The molecule has 3 N–H and O–H groups in total. The fourth-order valence-corrected chi connectivity index (χ4v) is 1.74. The van der Waals surface area contributed by atoms with Crippen LogP contribution < -0.4 is 14.8 Å². The van der Waals surface area contributed by atoms with Crippen LogP contribution in [-0.4, -0.2) is 18.5 Å². The summed E-state index contributed by atoms with van der Waals surface area (Å²) in [6.07, 6.45) is 0. The highest BCUT2D eigenvalue weighted by atomic mass is 79.9. The van der Waals surface area contributed by atoms with Crippen molar-refractivity contribution in [1.82, 2.24) is 4.34 Å². The minimum Gasteiger partial charge on any atom is -0.424 e. The van der Waals surface area contributed by atoms with Crippen molar-refractivity contribution in [3.8, 4) is 5.75 Å². The predicted octanol–water partition coefficient (Wildman–Crippen LogP) is 1.96. The lowest BCUT2D eigenvalue weighted by Crippen LogP contribution is -2.25. The van der Waals surface area contributed by atoms with Crippen molar-refractivity contribution in [1.29, 1.82) is 0 Å². The molecule has 0 heterocycles. The van der Waals surface area contributed by atoms with Gasteiger partial charge in [-0.1, -0.05) is 36.4 Å². The van der Waals surface area contributed by atoms with E-state index in [2.05, 4.69) is 25.5 Å². The lowest BCUT2D eigenvalue weighted by molar-refractivity contribution is -0.132. The number of guanidine groups is 1. The first-order chi connectivity index (χ1) is 9.20. The highest BCUT2D eigenvalue weighted by Gasteiger charge is 2.07. The number of halogens is 1. The van der Waals surface area contributed by atoms with Crippen LogP contribution in [-0.2, 0) is 4.79 Å². The highest BCUT2D eigenvalue weighted by Crippen LogP contribution is 2.25. The van der Waals surface area contributed by atoms with Crippen LogP contribution in [0.5, 0.6) is 5.75 Å². The van der Waals surface area contributed by atoms with E-state index in [0.717, 1.165) is 10.8 Å². The smallest absolute Gasteiger partial charge is 0.333 e. The molecule has 0 amide bonds. The van der Waals surface area contributed by atoms with Gasteiger partial charge < -0.3 is 10.5 Å². The second-order valence-corrected chi connectivity index (χ2v) is 4.14. The van der Waals surface area contributed by atoms with Crippen LogP contribution in [0.2, 0.25) is 0 Å². The van der Waals surface area contributed by atoms with E-state index in [-0.39, 0.29) is 12.5 Å². The molecule has 0 atom stereocenters. The molecule has 0 radical (unpaired) electrons. The number of rotatable bonds is 3. The van der Waals surface area contributed by atoms with Crippen molar-refractivity contribution < 1.29 is 9.53 Å². The zero-order valence-electron chi connectivity index (χ0n) is 9.97. The maximum Gasteiger partial charge on any atom is 0.333 e. The van der Waals surface area contributed by atoms with Crippen molar-refractivity contribution >= 4 is 38.8 Å². The Kier molecular flexibility index (Phi) is 4.35. The molecule has 2 aromatic carbocycles. The number of nitrogens with two attached hydrogens (primary N) is 1. The number of carbonyl (C=O) groups excluding carboxylic acids is 1. The number of aliphatic imine (C=N–C) groups is 1. The van der Waals surface area contributed by atoms with E-state index >= 15 is 0 Å². The van der Waals surface area contributed by atoms with Crippen LogP contribution >= 0.6 is 16.1 Å². The molecular weight excluding hydrogens is 310 g/mol. The van der Waals surface area contributed by atoms with E-state index in [1.54, 1.807) is 6.07 Å². The number of hydrogen-bond acceptors (Lipinski definition) is 3. The molecule has 5 nitrogen and oxygen atoms in total. The number of carbonyl (C=O) groups is 1. The van der Waals surface area contributed by atoms with Gasteiger partial charge in [-0.05, 0) is 11.5 Å². The lowest BCUT2D eigenvalue weighted by Gasteiger charge is -2.06. The third kappa shape index (κ3) is 3.45. The van der Waals surface area contributed by atoms with Crippen LogP contribution in [0.3, 0.4) is 0 Å². The van der Waals surface area contributed by atoms with Gasteiger partial charge in [0.1, 0.15) is 12.3 Å². The summed E-state index contributed by atoms with van der Waals surface area (Å²) in [6.45, 7) is -0.145. The first kappa shape index (κ1) is 13.4. The van der Waals surface area contributed by atoms with Crippen molar-refractivity contribution in [2.45, 2.75) is 0 Å². The van der Waals surface area contributed by atoms with Crippen molar-refractivity contribution in [3.05, 3.63) is 42.5 Å². The number of nitrogens with one attached hydrogen (secondary N) is 1. The zero-order valence-corrected chi connectivity index (χ0v) is 11.6. The first-order valence-electron chi connectivity index (χ1n) is 5.55. The van der Waals surface area contributed by atoms with E-state index in [4.69, 9.17) is 10.5 Å². The van der Waals surface area contributed by atoms with Gasteiger partial charge in [-0.3, -0.25) is 4.34 Å². The molecule has 0 aromatic heterocycles. The van der Waals surface area contributed by atoms with Gasteiger partial charge in [-0.25, -0.2) is 9.79 Å². The summed E-state index contributed by atoms with van der Waals surface area (Å²) >= 11 is 2.91. The number of benzene rings is 2. The molecule has 2 rings (SSSR count). The van der Waals surface area contributed by atoms with Gasteiger partial charge >= 0.3 is 5.97 Å². The standard InChI is InChI=1S/C13H12BrN3O2/c14-17-13(15)16-8-12(18)19-11-7-3-5-9-4-1-2-6-10(9)11/h1-7H,8H2,(H3,15,16,17). The number of esters is 1. The summed E-state index contributed by atoms with van der Waals surface area (Å²) in [7, 11) is 0. The Morgan fingerprint density at radius 2 is 2.00 bits per heavy atom. The third-order valence-electron chi connectivity index (χ3n) is 2.45. The highest BCUT2D eigenvalue weighted by molar-refractivity contribution is 9.08. The average Bonchev–Trinajstić information content (AvgIpc) is 2.45. The Balaban J connectivity index is 2.15. The molecule has 0 unspecified atom stereocenters. The normalized spacial score (nSPS) is 11.3. The van der Waals surface area contributed by atoms with Crippen LogP contribution in [0, 0.1) is 0 Å². The SMILES string of the molecule is NC(=NCC(=O)Oc1cccc2ccccc12)NBr. The molecule has 0 aliphatic carbocycles. The fraction of sp³-hybridized carbons (Fsp3) is 0.0769. The van der Waals surface area contributed by atoms with Crippen LogP contribution in [0.25, 0.3) is 10.8 Å². The minimum absolute atomic E-state index is 0.120. The van der Waals surface area contributed by atoms with E-state index in [0.29, 0.717) is 5.75 Å². The Labute approximate surface area is 118 Å². The summed E-state index contributed by atoms with van der Waals surface area (Å²) in [4.78, 5) is 15.4. The Morgan fingerprint density at radius 3 is 2.79 bits per heavy atom. The number of fused-ring (bicyclic) bond motifs is 1. The topological polar surface area (TPSA) is 76.7 Å². The first-order valence-corrected chi connectivity index (χ1v) is 6.35. The summed E-state index contributed by atoms with van der Waals surface area (Å²) in [5.74, 6) is 0.167. The number of nitrogens with zero attached hydrogens (tertiary/aromatic N) is 1.